The highest BCUT2D eigenvalue weighted by Crippen LogP contribution is 2.13. The van der Waals surface area contributed by atoms with Crippen molar-refractivity contribution < 1.29 is 14.3 Å². The molecule has 0 saturated carbocycles. The van der Waals surface area contributed by atoms with Crippen LogP contribution in [0.4, 0.5) is 0 Å². The average Bonchev–Trinajstić information content (AvgIpc) is 2.26. The second-order valence-electron chi connectivity index (χ2n) is 4.05. The molecule has 0 radical (unpaired) electrons. The Morgan fingerprint density at radius 3 is 2.29 bits per heavy atom. The molecule has 0 bridgehead atoms. The van der Waals surface area contributed by atoms with Crippen molar-refractivity contribution >= 4 is 11.7 Å². The van der Waals surface area contributed by atoms with Crippen LogP contribution < -0.4 is 10.1 Å². The molecule has 1 aromatic rings. The number of ether oxygens (including phenoxy) is 1. The standard InChI is InChI=1S/C13H17NO3/c1-9(2)17-12-6-4-11(5-7-12)8-14-13(16)10(3)15/h4-7,9H,8H2,1-3H3,(H,14,16). The van der Waals surface area contributed by atoms with Crippen molar-refractivity contribution in [3.8, 4) is 5.75 Å². The molecule has 0 atom stereocenters. The van der Waals surface area contributed by atoms with Crippen molar-refractivity contribution in [3.05, 3.63) is 29.8 Å². The fraction of sp³-hybridized carbons (Fsp3) is 0.385. The molecule has 4 heteroatoms. The first kappa shape index (κ1) is 13.2. The second-order valence-corrected chi connectivity index (χ2v) is 4.05. The smallest absolute Gasteiger partial charge is 0.287 e. The first-order valence-corrected chi connectivity index (χ1v) is 5.53. The third-order valence-electron chi connectivity index (χ3n) is 2.07. The number of carbonyl (C=O) groups excluding carboxylic acids is 2. The summed E-state index contributed by atoms with van der Waals surface area (Å²) in [5.41, 5.74) is 0.927. The van der Waals surface area contributed by atoms with E-state index in [1.54, 1.807) is 0 Å². The minimum Gasteiger partial charge on any atom is -0.491 e. The molecule has 0 spiro atoms. The van der Waals surface area contributed by atoms with Gasteiger partial charge in [-0.2, -0.15) is 0 Å². The number of hydrogen-bond donors (Lipinski definition) is 1. The van der Waals surface area contributed by atoms with Crippen LogP contribution in [0.1, 0.15) is 26.3 Å². The number of Topliss-reactive ketones (excluding diaryl/α,β-unsaturated/α-hetero) is 1. The normalized spacial score (nSPS) is 10.1. The van der Waals surface area contributed by atoms with Gasteiger partial charge in [0.15, 0.2) is 0 Å². The van der Waals surface area contributed by atoms with E-state index in [9.17, 15) is 9.59 Å². The SMILES string of the molecule is CC(=O)C(=O)NCc1ccc(OC(C)C)cc1. The molecule has 0 unspecified atom stereocenters. The molecule has 0 aliphatic heterocycles. The van der Waals surface area contributed by atoms with Crippen LogP contribution in [0.15, 0.2) is 24.3 Å². The van der Waals surface area contributed by atoms with Gasteiger partial charge in [-0.3, -0.25) is 9.59 Å². The zero-order valence-corrected chi connectivity index (χ0v) is 10.3. The van der Waals surface area contributed by atoms with E-state index in [0.29, 0.717) is 6.54 Å². The maximum Gasteiger partial charge on any atom is 0.287 e. The van der Waals surface area contributed by atoms with Gasteiger partial charge in [0, 0.05) is 13.5 Å². The van der Waals surface area contributed by atoms with Gasteiger partial charge >= 0.3 is 0 Å². The Hall–Kier alpha value is -1.84. The zero-order chi connectivity index (χ0) is 12.8. The van der Waals surface area contributed by atoms with Gasteiger partial charge in [0.2, 0.25) is 5.78 Å². The molecule has 1 amide bonds. The lowest BCUT2D eigenvalue weighted by atomic mass is 10.2. The average molecular weight is 235 g/mol. The van der Waals surface area contributed by atoms with E-state index in [0.717, 1.165) is 11.3 Å². The number of rotatable bonds is 5. The van der Waals surface area contributed by atoms with Crippen molar-refractivity contribution in [2.45, 2.75) is 33.4 Å². The first-order valence-electron chi connectivity index (χ1n) is 5.53. The molecule has 0 heterocycles. The Labute approximate surface area is 101 Å². The van der Waals surface area contributed by atoms with E-state index in [1.165, 1.54) is 6.92 Å². The van der Waals surface area contributed by atoms with E-state index in [2.05, 4.69) is 5.32 Å². The number of carbonyl (C=O) groups is 2. The highest BCUT2D eigenvalue weighted by molar-refractivity contribution is 6.35. The molecule has 1 rings (SSSR count). The Bertz CT molecular complexity index is 396. The van der Waals surface area contributed by atoms with Crippen molar-refractivity contribution in [2.24, 2.45) is 0 Å². The Morgan fingerprint density at radius 2 is 1.82 bits per heavy atom. The largest absolute Gasteiger partial charge is 0.491 e. The molecule has 0 aliphatic rings. The highest BCUT2D eigenvalue weighted by Gasteiger charge is 2.06. The predicted molar refractivity (Wildman–Crippen MR) is 64.7 cm³/mol. The maximum absolute atomic E-state index is 11.0. The number of hydrogen-bond acceptors (Lipinski definition) is 3. The minimum absolute atomic E-state index is 0.137. The molecule has 0 fully saturated rings. The van der Waals surface area contributed by atoms with Gasteiger partial charge in [0.25, 0.3) is 5.91 Å². The topological polar surface area (TPSA) is 55.4 Å². The van der Waals surface area contributed by atoms with Gasteiger partial charge in [-0.05, 0) is 31.5 Å². The van der Waals surface area contributed by atoms with E-state index in [1.807, 2.05) is 38.1 Å². The highest BCUT2D eigenvalue weighted by atomic mass is 16.5. The molecular formula is C13H17NO3. The summed E-state index contributed by atoms with van der Waals surface area (Å²) in [4.78, 5) is 21.8. The lowest BCUT2D eigenvalue weighted by molar-refractivity contribution is -0.136. The van der Waals surface area contributed by atoms with Crippen LogP contribution in [0.5, 0.6) is 5.75 Å². The Balaban J connectivity index is 2.51. The lowest BCUT2D eigenvalue weighted by Crippen LogP contribution is -2.28. The number of nitrogens with one attached hydrogen (secondary N) is 1. The van der Waals surface area contributed by atoms with Crippen LogP contribution in [-0.2, 0) is 16.1 Å². The van der Waals surface area contributed by atoms with Gasteiger partial charge < -0.3 is 10.1 Å². The summed E-state index contributed by atoms with van der Waals surface area (Å²) in [6.45, 7) is 5.51. The van der Waals surface area contributed by atoms with Crippen molar-refractivity contribution in [1.29, 1.82) is 0 Å². The quantitative estimate of drug-likeness (QED) is 0.790. The Morgan fingerprint density at radius 1 is 1.24 bits per heavy atom. The van der Waals surface area contributed by atoms with Crippen LogP contribution in [0.3, 0.4) is 0 Å². The maximum atomic E-state index is 11.0. The molecule has 1 aromatic carbocycles. The van der Waals surface area contributed by atoms with Crippen LogP contribution in [-0.4, -0.2) is 17.8 Å². The van der Waals surface area contributed by atoms with Gasteiger partial charge in [0.1, 0.15) is 5.75 Å². The molecule has 92 valence electrons. The summed E-state index contributed by atoms with van der Waals surface area (Å²) >= 11 is 0. The number of amides is 1. The minimum atomic E-state index is -0.562. The fourth-order valence-corrected chi connectivity index (χ4v) is 1.26. The summed E-state index contributed by atoms with van der Waals surface area (Å²) in [6, 6.07) is 7.40. The fourth-order valence-electron chi connectivity index (χ4n) is 1.26. The predicted octanol–water partition coefficient (Wildman–Crippen LogP) is 1.68. The zero-order valence-electron chi connectivity index (χ0n) is 10.3. The summed E-state index contributed by atoms with van der Waals surface area (Å²) in [5, 5.41) is 2.53. The summed E-state index contributed by atoms with van der Waals surface area (Å²) in [5.74, 6) is -0.251. The van der Waals surface area contributed by atoms with Crippen molar-refractivity contribution in [3.63, 3.8) is 0 Å². The van der Waals surface area contributed by atoms with Gasteiger partial charge in [0.05, 0.1) is 6.10 Å². The third kappa shape index (κ3) is 4.68. The Kier molecular flexibility index (Phi) is 4.69. The van der Waals surface area contributed by atoms with E-state index < -0.39 is 11.7 Å². The monoisotopic (exact) mass is 235 g/mol. The molecule has 0 aliphatic carbocycles. The number of benzene rings is 1. The third-order valence-corrected chi connectivity index (χ3v) is 2.07. The van der Waals surface area contributed by atoms with Gasteiger partial charge in [-0.1, -0.05) is 12.1 Å². The summed E-state index contributed by atoms with van der Waals surface area (Å²) < 4.78 is 5.49. The van der Waals surface area contributed by atoms with Crippen molar-refractivity contribution in [1.82, 2.24) is 5.32 Å². The molecular weight excluding hydrogens is 218 g/mol. The van der Waals surface area contributed by atoms with Gasteiger partial charge in [-0.25, -0.2) is 0 Å². The number of ketones is 1. The molecule has 4 nitrogen and oxygen atoms in total. The van der Waals surface area contributed by atoms with E-state index in [4.69, 9.17) is 4.74 Å². The van der Waals surface area contributed by atoms with E-state index in [-0.39, 0.29) is 6.10 Å². The van der Waals surface area contributed by atoms with Gasteiger partial charge in [-0.15, -0.1) is 0 Å². The van der Waals surface area contributed by atoms with E-state index >= 15 is 0 Å². The first-order chi connectivity index (χ1) is 7.99. The van der Waals surface area contributed by atoms with Crippen molar-refractivity contribution in [2.75, 3.05) is 0 Å². The molecule has 0 saturated heterocycles. The summed E-state index contributed by atoms with van der Waals surface area (Å²) in [7, 11) is 0. The second kappa shape index (κ2) is 6.03. The molecule has 0 aromatic heterocycles. The van der Waals surface area contributed by atoms with Crippen LogP contribution in [0.25, 0.3) is 0 Å². The summed E-state index contributed by atoms with van der Waals surface area (Å²) in [6.07, 6.45) is 0.137. The van der Waals surface area contributed by atoms with Crippen LogP contribution >= 0.6 is 0 Å². The molecule has 17 heavy (non-hydrogen) atoms. The van der Waals surface area contributed by atoms with Crippen LogP contribution in [0.2, 0.25) is 0 Å². The molecule has 1 N–H and O–H groups in total. The lowest BCUT2D eigenvalue weighted by Gasteiger charge is -2.10. The van der Waals surface area contributed by atoms with Crippen LogP contribution in [0, 0.1) is 0 Å².